The van der Waals surface area contributed by atoms with Crippen molar-refractivity contribution in [2.24, 2.45) is 5.92 Å². The molecule has 0 aromatic carbocycles. The Hall–Kier alpha value is -1.06. The molecule has 0 saturated carbocycles. The third-order valence-electron chi connectivity index (χ3n) is 2.30. The van der Waals surface area contributed by atoms with Gasteiger partial charge in [-0.3, -0.25) is 9.59 Å². The van der Waals surface area contributed by atoms with Gasteiger partial charge < -0.3 is 10.4 Å². The van der Waals surface area contributed by atoms with Crippen LogP contribution in [-0.2, 0) is 9.59 Å². The highest BCUT2D eigenvalue weighted by Gasteiger charge is 2.24. The Balaban J connectivity index is 4.09. The molecule has 0 aliphatic heterocycles. The summed E-state index contributed by atoms with van der Waals surface area (Å²) in [6.45, 7) is 7.47. The van der Waals surface area contributed by atoms with Gasteiger partial charge >= 0.3 is 5.97 Å². The number of amides is 1. The fourth-order valence-corrected chi connectivity index (χ4v) is 1.31. The lowest BCUT2D eigenvalue weighted by Crippen LogP contribution is -2.45. The van der Waals surface area contributed by atoms with Gasteiger partial charge in [0.2, 0.25) is 5.91 Å². The van der Waals surface area contributed by atoms with Gasteiger partial charge in [-0.25, -0.2) is 0 Å². The van der Waals surface area contributed by atoms with E-state index in [0.717, 1.165) is 6.42 Å². The van der Waals surface area contributed by atoms with Crippen LogP contribution in [0.4, 0.5) is 0 Å². The summed E-state index contributed by atoms with van der Waals surface area (Å²) < 4.78 is 0. The first-order chi connectivity index (χ1) is 6.76. The van der Waals surface area contributed by atoms with E-state index >= 15 is 0 Å². The topological polar surface area (TPSA) is 66.4 Å². The van der Waals surface area contributed by atoms with Crippen LogP contribution in [0, 0.1) is 5.92 Å². The highest BCUT2D eigenvalue weighted by atomic mass is 16.4. The molecule has 0 saturated heterocycles. The summed E-state index contributed by atoms with van der Waals surface area (Å²) >= 11 is 0. The number of rotatable bonds is 6. The van der Waals surface area contributed by atoms with Gasteiger partial charge in [-0.15, -0.1) is 0 Å². The minimum atomic E-state index is -0.899. The molecule has 4 nitrogen and oxygen atoms in total. The van der Waals surface area contributed by atoms with Gasteiger partial charge in [0.25, 0.3) is 0 Å². The molecule has 88 valence electrons. The molecular weight excluding hydrogens is 194 g/mol. The van der Waals surface area contributed by atoms with E-state index < -0.39 is 11.5 Å². The van der Waals surface area contributed by atoms with E-state index in [9.17, 15) is 9.59 Å². The number of hydrogen-bond donors (Lipinski definition) is 2. The van der Waals surface area contributed by atoms with E-state index in [1.165, 1.54) is 0 Å². The first-order valence-electron chi connectivity index (χ1n) is 5.29. The Morgan fingerprint density at radius 1 is 1.40 bits per heavy atom. The molecule has 0 aromatic heterocycles. The van der Waals surface area contributed by atoms with Gasteiger partial charge in [0.05, 0.1) is 6.42 Å². The maximum atomic E-state index is 11.5. The van der Waals surface area contributed by atoms with E-state index in [2.05, 4.69) is 5.32 Å². The molecule has 1 atom stereocenters. The summed E-state index contributed by atoms with van der Waals surface area (Å²) in [5.74, 6) is -0.634. The minimum Gasteiger partial charge on any atom is -0.481 e. The number of carboxylic acid groups (broad SMARTS) is 1. The molecule has 0 spiro atoms. The molecule has 0 aliphatic rings. The molecule has 0 fully saturated rings. The first kappa shape index (κ1) is 13.9. The molecule has 15 heavy (non-hydrogen) atoms. The quantitative estimate of drug-likeness (QED) is 0.710. The van der Waals surface area contributed by atoms with Crippen molar-refractivity contribution >= 4 is 11.9 Å². The summed E-state index contributed by atoms with van der Waals surface area (Å²) in [5, 5.41) is 11.4. The SMILES string of the molecule is CCC(C)CC(=O)NC(C)(C)CC(=O)O. The second kappa shape index (κ2) is 5.73. The zero-order valence-electron chi connectivity index (χ0n) is 9.96. The molecule has 1 amide bonds. The molecule has 0 heterocycles. The zero-order chi connectivity index (χ0) is 12.1. The van der Waals surface area contributed by atoms with Crippen LogP contribution >= 0.6 is 0 Å². The van der Waals surface area contributed by atoms with Crippen LogP contribution < -0.4 is 5.32 Å². The number of nitrogens with one attached hydrogen (secondary N) is 1. The van der Waals surface area contributed by atoms with Gasteiger partial charge in [-0.1, -0.05) is 20.3 Å². The van der Waals surface area contributed by atoms with Crippen LogP contribution in [0.5, 0.6) is 0 Å². The highest BCUT2D eigenvalue weighted by molar-refractivity contribution is 5.78. The van der Waals surface area contributed by atoms with Crippen molar-refractivity contribution in [3.63, 3.8) is 0 Å². The van der Waals surface area contributed by atoms with Crippen molar-refractivity contribution in [1.82, 2.24) is 5.32 Å². The lowest BCUT2D eigenvalue weighted by Gasteiger charge is -2.25. The second-order valence-corrected chi connectivity index (χ2v) is 4.72. The van der Waals surface area contributed by atoms with Crippen molar-refractivity contribution in [3.05, 3.63) is 0 Å². The van der Waals surface area contributed by atoms with Crippen molar-refractivity contribution < 1.29 is 14.7 Å². The van der Waals surface area contributed by atoms with Gasteiger partial charge in [-0.05, 0) is 19.8 Å². The van der Waals surface area contributed by atoms with E-state index in [1.54, 1.807) is 13.8 Å². The number of carbonyl (C=O) groups excluding carboxylic acids is 1. The third-order valence-corrected chi connectivity index (χ3v) is 2.30. The lowest BCUT2D eigenvalue weighted by atomic mass is 9.99. The molecule has 0 radical (unpaired) electrons. The molecule has 0 aliphatic carbocycles. The van der Waals surface area contributed by atoms with Crippen molar-refractivity contribution in [2.75, 3.05) is 0 Å². The molecule has 0 aromatic rings. The average Bonchev–Trinajstić information content (AvgIpc) is 1.99. The minimum absolute atomic E-state index is 0.0563. The molecule has 2 N–H and O–H groups in total. The normalized spacial score (nSPS) is 13.3. The van der Waals surface area contributed by atoms with Crippen LogP contribution in [0.1, 0.15) is 47.0 Å². The van der Waals surface area contributed by atoms with E-state index in [1.807, 2.05) is 13.8 Å². The molecule has 1 unspecified atom stereocenters. The van der Waals surface area contributed by atoms with Gasteiger partial charge in [-0.2, -0.15) is 0 Å². The van der Waals surface area contributed by atoms with E-state index in [4.69, 9.17) is 5.11 Å². The highest BCUT2D eigenvalue weighted by Crippen LogP contribution is 2.11. The lowest BCUT2D eigenvalue weighted by molar-refractivity contribution is -0.138. The number of carboxylic acids is 1. The first-order valence-corrected chi connectivity index (χ1v) is 5.29. The Labute approximate surface area is 91.1 Å². The maximum absolute atomic E-state index is 11.5. The van der Waals surface area contributed by atoms with Gasteiger partial charge in [0.15, 0.2) is 0 Å². The Kier molecular flexibility index (Phi) is 5.33. The molecule has 0 bridgehead atoms. The fourth-order valence-electron chi connectivity index (χ4n) is 1.31. The summed E-state index contributed by atoms with van der Waals surface area (Å²) in [6.07, 6.45) is 1.35. The molecular formula is C11H21NO3. The Bertz CT molecular complexity index is 236. The monoisotopic (exact) mass is 215 g/mol. The van der Waals surface area contributed by atoms with Gasteiger partial charge in [0, 0.05) is 12.0 Å². The predicted octanol–water partition coefficient (Wildman–Crippen LogP) is 1.79. The van der Waals surface area contributed by atoms with Crippen LogP contribution in [0.2, 0.25) is 0 Å². The standard InChI is InChI=1S/C11H21NO3/c1-5-8(2)6-9(13)12-11(3,4)7-10(14)15/h8H,5-7H2,1-4H3,(H,12,13)(H,14,15). The Morgan fingerprint density at radius 2 is 1.93 bits per heavy atom. The van der Waals surface area contributed by atoms with Crippen LogP contribution in [0.3, 0.4) is 0 Å². The van der Waals surface area contributed by atoms with Crippen molar-refractivity contribution in [3.8, 4) is 0 Å². The summed E-state index contributed by atoms with van der Waals surface area (Å²) in [7, 11) is 0. The number of carbonyl (C=O) groups is 2. The number of hydrogen-bond acceptors (Lipinski definition) is 2. The fraction of sp³-hybridized carbons (Fsp3) is 0.818. The van der Waals surface area contributed by atoms with Crippen molar-refractivity contribution in [1.29, 1.82) is 0 Å². The van der Waals surface area contributed by atoms with E-state index in [-0.39, 0.29) is 12.3 Å². The van der Waals surface area contributed by atoms with Gasteiger partial charge in [0.1, 0.15) is 0 Å². The third kappa shape index (κ3) is 6.94. The summed E-state index contributed by atoms with van der Waals surface area (Å²) in [4.78, 5) is 22.0. The van der Waals surface area contributed by atoms with Crippen LogP contribution in [-0.4, -0.2) is 22.5 Å². The Morgan fingerprint density at radius 3 is 2.33 bits per heavy atom. The smallest absolute Gasteiger partial charge is 0.305 e. The number of aliphatic carboxylic acids is 1. The second-order valence-electron chi connectivity index (χ2n) is 4.72. The summed E-state index contributed by atoms with van der Waals surface area (Å²) in [6, 6.07) is 0. The molecule has 0 rings (SSSR count). The zero-order valence-corrected chi connectivity index (χ0v) is 9.96. The predicted molar refractivity (Wildman–Crippen MR) is 58.5 cm³/mol. The van der Waals surface area contributed by atoms with Crippen molar-refractivity contribution in [2.45, 2.75) is 52.5 Å². The average molecular weight is 215 g/mol. The van der Waals surface area contributed by atoms with E-state index in [0.29, 0.717) is 12.3 Å². The largest absolute Gasteiger partial charge is 0.481 e. The van der Waals surface area contributed by atoms with Crippen LogP contribution in [0.25, 0.3) is 0 Å². The summed E-state index contributed by atoms with van der Waals surface area (Å²) in [5.41, 5.74) is -0.670. The maximum Gasteiger partial charge on any atom is 0.305 e. The molecule has 4 heteroatoms. The van der Waals surface area contributed by atoms with Crippen LogP contribution in [0.15, 0.2) is 0 Å².